The Labute approximate surface area is 93.4 Å². The number of carbonyl (C=O) groups is 1. The van der Waals surface area contributed by atoms with Gasteiger partial charge in [0.15, 0.2) is 0 Å². The average Bonchev–Trinajstić information content (AvgIpc) is 2.25. The Hall–Kier alpha value is -2.28. The molecule has 1 aromatic rings. The molecule has 1 N–H and O–H groups in total. The number of hydrogen-bond acceptors (Lipinski definition) is 3. The SMILES string of the molecule is C=C(COc1ccc(C#N)c(C)c1)C(=O)O. The highest BCUT2D eigenvalue weighted by Crippen LogP contribution is 2.16. The van der Waals surface area contributed by atoms with E-state index >= 15 is 0 Å². The zero-order valence-electron chi connectivity index (χ0n) is 8.86. The third-order valence-electron chi connectivity index (χ3n) is 2.03. The van der Waals surface area contributed by atoms with Crippen molar-refractivity contribution in [2.45, 2.75) is 6.92 Å². The van der Waals surface area contributed by atoms with Crippen LogP contribution in [0, 0.1) is 18.3 Å². The monoisotopic (exact) mass is 217 g/mol. The molecule has 0 fully saturated rings. The van der Waals surface area contributed by atoms with Crippen LogP contribution in [0.25, 0.3) is 0 Å². The molecular formula is C12H11NO3. The van der Waals surface area contributed by atoms with Crippen LogP contribution in [-0.2, 0) is 4.79 Å². The molecule has 82 valence electrons. The molecule has 0 aliphatic heterocycles. The number of carboxylic acids is 1. The number of hydrogen-bond donors (Lipinski definition) is 1. The van der Waals surface area contributed by atoms with E-state index in [4.69, 9.17) is 15.1 Å². The maximum atomic E-state index is 10.5. The zero-order chi connectivity index (χ0) is 12.1. The van der Waals surface area contributed by atoms with Crippen LogP contribution in [0.5, 0.6) is 5.75 Å². The Morgan fingerprint density at radius 1 is 1.62 bits per heavy atom. The first-order chi connectivity index (χ1) is 7.54. The van der Waals surface area contributed by atoms with Gasteiger partial charge in [0.1, 0.15) is 12.4 Å². The van der Waals surface area contributed by atoms with Gasteiger partial charge < -0.3 is 9.84 Å². The summed E-state index contributed by atoms with van der Waals surface area (Å²) in [6.45, 7) is 5.07. The predicted octanol–water partition coefficient (Wildman–Crippen LogP) is 1.89. The molecule has 4 nitrogen and oxygen atoms in total. The van der Waals surface area contributed by atoms with E-state index in [0.717, 1.165) is 5.56 Å². The summed E-state index contributed by atoms with van der Waals surface area (Å²) in [5.74, 6) is -0.552. The third kappa shape index (κ3) is 2.85. The van der Waals surface area contributed by atoms with Gasteiger partial charge >= 0.3 is 5.97 Å². The van der Waals surface area contributed by atoms with Gasteiger partial charge in [-0.15, -0.1) is 0 Å². The summed E-state index contributed by atoms with van der Waals surface area (Å²) in [6, 6.07) is 6.99. The molecule has 0 aromatic heterocycles. The quantitative estimate of drug-likeness (QED) is 0.782. The highest BCUT2D eigenvalue weighted by molar-refractivity contribution is 5.86. The number of benzene rings is 1. The lowest BCUT2D eigenvalue weighted by Gasteiger charge is -2.07. The fourth-order valence-electron chi connectivity index (χ4n) is 1.08. The van der Waals surface area contributed by atoms with Crippen molar-refractivity contribution in [3.8, 4) is 11.8 Å². The summed E-state index contributed by atoms with van der Waals surface area (Å²) in [5.41, 5.74) is 1.35. The van der Waals surface area contributed by atoms with Crippen LogP contribution in [0.15, 0.2) is 30.4 Å². The Balaban J connectivity index is 2.70. The normalized spacial score (nSPS) is 9.25. The second kappa shape index (κ2) is 4.99. The molecule has 0 atom stereocenters. The summed E-state index contributed by atoms with van der Waals surface area (Å²) in [6.07, 6.45) is 0. The standard InChI is InChI=1S/C12H11NO3/c1-8-5-11(4-3-10(8)6-13)16-7-9(2)12(14)15/h3-5H,2,7H2,1H3,(H,14,15). The van der Waals surface area contributed by atoms with Crippen molar-refractivity contribution >= 4 is 5.97 Å². The first kappa shape index (κ1) is 11.8. The lowest BCUT2D eigenvalue weighted by molar-refractivity contribution is -0.133. The van der Waals surface area contributed by atoms with Gasteiger partial charge in [0.2, 0.25) is 0 Å². The van der Waals surface area contributed by atoms with Crippen molar-refractivity contribution in [2.75, 3.05) is 6.61 Å². The fraction of sp³-hybridized carbons (Fsp3) is 0.167. The second-order valence-corrected chi connectivity index (χ2v) is 3.29. The Kier molecular flexibility index (Phi) is 3.67. The van der Waals surface area contributed by atoms with Gasteiger partial charge in [0, 0.05) is 0 Å². The largest absolute Gasteiger partial charge is 0.489 e. The van der Waals surface area contributed by atoms with Crippen molar-refractivity contribution in [1.29, 1.82) is 5.26 Å². The molecule has 0 amide bonds. The Morgan fingerprint density at radius 3 is 2.81 bits per heavy atom. The molecule has 0 aliphatic carbocycles. The van der Waals surface area contributed by atoms with Crippen molar-refractivity contribution in [3.63, 3.8) is 0 Å². The molecule has 0 aliphatic rings. The predicted molar refractivity (Wildman–Crippen MR) is 58.2 cm³/mol. The van der Waals surface area contributed by atoms with Gasteiger partial charge in [-0.2, -0.15) is 5.26 Å². The first-order valence-corrected chi connectivity index (χ1v) is 4.59. The Bertz CT molecular complexity index is 472. The molecule has 0 spiro atoms. The number of ether oxygens (including phenoxy) is 1. The highest BCUT2D eigenvalue weighted by Gasteiger charge is 2.05. The van der Waals surface area contributed by atoms with Crippen molar-refractivity contribution < 1.29 is 14.6 Å². The molecule has 0 radical (unpaired) electrons. The number of nitrogens with zero attached hydrogens (tertiary/aromatic N) is 1. The summed E-state index contributed by atoms with van der Waals surface area (Å²) in [4.78, 5) is 10.5. The smallest absolute Gasteiger partial charge is 0.334 e. The molecule has 0 heterocycles. The van der Waals surface area contributed by atoms with E-state index in [2.05, 4.69) is 6.58 Å². The van der Waals surface area contributed by atoms with Crippen molar-refractivity contribution in [1.82, 2.24) is 0 Å². The number of aryl methyl sites for hydroxylation is 1. The Morgan fingerprint density at radius 2 is 2.31 bits per heavy atom. The van der Waals surface area contributed by atoms with Crippen LogP contribution in [-0.4, -0.2) is 17.7 Å². The minimum atomic E-state index is -1.08. The lowest BCUT2D eigenvalue weighted by Crippen LogP contribution is -2.08. The van der Waals surface area contributed by atoms with E-state index in [1.807, 2.05) is 6.07 Å². The van der Waals surface area contributed by atoms with E-state index in [1.165, 1.54) is 0 Å². The fourth-order valence-corrected chi connectivity index (χ4v) is 1.08. The molecule has 0 saturated carbocycles. The maximum Gasteiger partial charge on any atom is 0.334 e. The van der Waals surface area contributed by atoms with Crippen LogP contribution in [0.2, 0.25) is 0 Å². The van der Waals surface area contributed by atoms with Gasteiger partial charge in [-0.25, -0.2) is 4.79 Å². The first-order valence-electron chi connectivity index (χ1n) is 4.59. The van der Waals surface area contributed by atoms with E-state index in [0.29, 0.717) is 11.3 Å². The van der Waals surface area contributed by atoms with Crippen LogP contribution >= 0.6 is 0 Å². The van der Waals surface area contributed by atoms with Crippen molar-refractivity contribution in [3.05, 3.63) is 41.5 Å². The minimum absolute atomic E-state index is 0.0120. The van der Waals surface area contributed by atoms with E-state index in [-0.39, 0.29) is 12.2 Å². The summed E-state index contributed by atoms with van der Waals surface area (Å²) in [7, 11) is 0. The highest BCUT2D eigenvalue weighted by atomic mass is 16.5. The van der Waals surface area contributed by atoms with Crippen LogP contribution in [0.4, 0.5) is 0 Å². The molecule has 0 bridgehead atoms. The number of aliphatic carboxylic acids is 1. The topological polar surface area (TPSA) is 70.3 Å². The molecule has 0 unspecified atom stereocenters. The van der Waals surface area contributed by atoms with Gasteiger partial charge in [-0.05, 0) is 30.7 Å². The van der Waals surface area contributed by atoms with E-state index in [1.54, 1.807) is 25.1 Å². The second-order valence-electron chi connectivity index (χ2n) is 3.29. The maximum absolute atomic E-state index is 10.5. The van der Waals surface area contributed by atoms with Gasteiger partial charge in [-0.1, -0.05) is 6.58 Å². The third-order valence-corrected chi connectivity index (χ3v) is 2.03. The minimum Gasteiger partial charge on any atom is -0.489 e. The van der Waals surface area contributed by atoms with E-state index in [9.17, 15) is 4.79 Å². The van der Waals surface area contributed by atoms with E-state index < -0.39 is 5.97 Å². The van der Waals surface area contributed by atoms with Gasteiger partial charge in [0.05, 0.1) is 17.2 Å². The molecule has 16 heavy (non-hydrogen) atoms. The van der Waals surface area contributed by atoms with Crippen LogP contribution in [0.1, 0.15) is 11.1 Å². The molecular weight excluding hydrogens is 206 g/mol. The van der Waals surface area contributed by atoms with Crippen molar-refractivity contribution in [2.24, 2.45) is 0 Å². The number of carboxylic acid groups (broad SMARTS) is 1. The molecule has 1 rings (SSSR count). The van der Waals surface area contributed by atoms with Crippen LogP contribution in [0.3, 0.4) is 0 Å². The summed E-state index contributed by atoms with van der Waals surface area (Å²) < 4.78 is 5.22. The molecule has 1 aromatic carbocycles. The molecule has 4 heteroatoms. The molecule has 0 saturated heterocycles. The summed E-state index contributed by atoms with van der Waals surface area (Å²) >= 11 is 0. The lowest BCUT2D eigenvalue weighted by atomic mass is 10.1. The van der Waals surface area contributed by atoms with Crippen LogP contribution < -0.4 is 4.74 Å². The zero-order valence-corrected chi connectivity index (χ0v) is 8.86. The van der Waals surface area contributed by atoms with Gasteiger partial charge in [-0.3, -0.25) is 0 Å². The number of nitriles is 1. The average molecular weight is 217 g/mol. The summed E-state index contributed by atoms with van der Waals surface area (Å²) in [5, 5.41) is 17.3. The number of rotatable bonds is 4. The van der Waals surface area contributed by atoms with Gasteiger partial charge in [0.25, 0.3) is 0 Å².